The van der Waals surface area contributed by atoms with Gasteiger partial charge < -0.3 is 15.5 Å². The molecule has 0 aliphatic carbocycles. The van der Waals surface area contributed by atoms with Crippen molar-refractivity contribution in [3.63, 3.8) is 0 Å². The highest BCUT2D eigenvalue weighted by Gasteiger charge is 2.05. The van der Waals surface area contributed by atoms with Crippen molar-refractivity contribution in [2.24, 2.45) is 0 Å². The number of H-pyrrole nitrogens is 1. The van der Waals surface area contributed by atoms with Crippen LogP contribution in [-0.4, -0.2) is 34.6 Å². The van der Waals surface area contributed by atoms with Crippen LogP contribution in [0, 0.1) is 0 Å². The summed E-state index contributed by atoms with van der Waals surface area (Å²) in [6.45, 7) is -0.356. The molecule has 2 rings (SSSR count). The number of hydrogen-bond acceptors (Lipinski definition) is 4. The number of nitrogens with zero attached hydrogens (tertiary/aromatic N) is 2. The van der Waals surface area contributed by atoms with Gasteiger partial charge in [-0.15, -0.1) is 0 Å². The van der Waals surface area contributed by atoms with Gasteiger partial charge in [-0.3, -0.25) is 0 Å². The number of nitrogens with one attached hydrogen (secondary N) is 1. The fourth-order valence-electron chi connectivity index (χ4n) is 1.42. The number of nitrogen functional groups attached to an aromatic ring is 1. The van der Waals surface area contributed by atoms with Gasteiger partial charge in [-0.1, -0.05) is 0 Å². The second-order valence-corrected chi connectivity index (χ2v) is 3.51. The van der Waals surface area contributed by atoms with Crippen LogP contribution in [0.5, 0.6) is 0 Å². The van der Waals surface area contributed by atoms with Crippen molar-refractivity contribution >= 4 is 17.0 Å². The number of fused-ring (bicyclic) bond motifs is 1. The maximum Gasteiger partial charge on any atom is 0.261 e. The number of aromatic nitrogens is 3. The summed E-state index contributed by atoms with van der Waals surface area (Å²) in [5.74, 6) is 1.04. The number of aromatic amines is 1. The molecule has 2 aromatic rings. The summed E-state index contributed by atoms with van der Waals surface area (Å²) in [4.78, 5) is 11.2. The molecule has 5 nitrogen and oxygen atoms in total. The fourth-order valence-corrected chi connectivity index (χ4v) is 1.42. The van der Waals surface area contributed by atoms with E-state index in [2.05, 4.69) is 15.0 Å². The molecule has 7 heteroatoms. The third-order valence-corrected chi connectivity index (χ3v) is 2.14. The van der Waals surface area contributed by atoms with Gasteiger partial charge in [-0.05, 0) is 12.1 Å². The number of halogens is 2. The molecule has 0 radical (unpaired) electrons. The van der Waals surface area contributed by atoms with Crippen LogP contribution >= 0.6 is 0 Å². The van der Waals surface area contributed by atoms with Gasteiger partial charge >= 0.3 is 0 Å². The number of rotatable bonds is 5. The standard InChI is InChI=1S/C10H12F2N4O/c11-7(12)5-17-4-3-9-14-6-1-2-8(13)15-10(6)16-9/h1-2,7H,3-5H2,(H3,13,14,15,16). The van der Waals surface area contributed by atoms with E-state index in [4.69, 9.17) is 10.5 Å². The summed E-state index contributed by atoms with van der Waals surface area (Å²) in [7, 11) is 0. The van der Waals surface area contributed by atoms with E-state index in [0.29, 0.717) is 23.7 Å². The fraction of sp³-hybridized carbons (Fsp3) is 0.400. The lowest BCUT2D eigenvalue weighted by Crippen LogP contribution is -2.07. The number of ether oxygens (including phenoxy) is 1. The number of hydrogen-bond donors (Lipinski definition) is 2. The Morgan fingerprint density at radius 3 is 2.94 bits per heavy atom. The Morgan fingerprint density at radius 1 is 1.35 bits per heavy atom. The van der Waals surface area contributed by atoms with Crippen molar-refractivity contribution in [2.75, 3.05) is 18.9 Å². The molecule has 17 heavy (non-hydrogen) atoms. The maximum absolute atomic E-state index is 11.8. The van der Waals surface area contributed by atoms with E-state index in [1.165, 1.54) is 0 Å². The SMILES string of the molecule is Nc1ccc2[nH]c(CCOCC(F)F)nc2n1. The molecule has 92 valence electrons. The molecule has 2 aromatic heterocycles. The Bertz CT molecular complexity index is 500. The Hall–Kier alpha value is -1.76. The summed E-state index contributed by atoms with van der Waals surface area (Å²) < 4.78 is 28.4. The highest BCUT2D eigenvalue weighted by atomic mass is 19.3. The zero-order valence-corrected chi connectivity index (χ0v) is 8.99. The molecular weight excluding hydrogens is 230 g/mol. The normalized spacial score (nSPS) is 11.5. The van der Waals surface area contributed by atoms with E-state index in [9.17, 15) is 8.78 Å². The molecule has 0 spiro atoms. The van der Waals surface area contributed by atoms with Gasteiger partial charge in [0.1, 0.15) is 18.2 Å². The zero-order chi connectivity index (χ0) is 12.3. The van der Waals surface area contributed by atoms with E-state index in [0.717, 1.165) is 5.52 Å². The number of alkyl halides is 2. The Balaban J connectivity index is 1.95. The summed E-state index contributed by atoms with van der Waals surface area (Å²) in [6, 6.07) is 3.44. The van der Waals surface area contributed by atoms with Crippen LogP contribution in [0.15, 0.2) is 12.1 Å². The Kier molecular flexibility index (Phi) is 3.48. The predicted molar refractivity (Wildman–Crippen MR) is 58.8 cm³/mol. The van der Waals surface area contributed by atoms with Crippen LogP contribution < -0.4 is 5.73 Å². The van der Waals surface area contributed by atoms with Crippen molar-refractivity contribution in [1.29, 1.82) is 0 Å². The monoisotopic (exact) mass is 242 g/mol. The largest absolute Gasteiger partial charge is 0.384 e. The summed E-state index contributed by atoms with van der Waals surface area (Å²) in [5.41, 5.74) is 6.80. The van der Waals surface area contributed by atoms with E-state index >= 15 is 0 Å². The van der Waals surface area contributed by atoms with E-state index in [1.54, 1.807) is 12.1 Å². The molecule has 0 aliphatic heterocycles. The third kappa shape index (κ3) is 3.10. The van der Waals surface area contributed by atoms with Crippen LogP contribution in [0.3, 0.4) is 0 Å². The summed E-state index contributed by atoms with van der Waals surface area (Å²) in [6.07, 6.45) is -2.00. The van der Waals surface area contributed by atoms with Gasteiger partial charge in [0.25, 0.3) is 6.43 Å². The quantitative estimate of drug-likeness (QED) is 0.776. The number of pyridine rings is 1. The van der Waals surface area contributed by atoms with Crippen molar-refractivity contribution in [3.8, 4) is 0 Å². The molecule has 0 saturated heterocycles. The second-order valence-electron chi connectivity index (χ2n) is 3.51. The highest BCUT2D eigenvalue weighted by molar-refractivity contribution is 5.72. The third-order valence-electron chi connectivity index (χ3n) is 2.14. The van der Waals surface area contributed by atoms with Crippen LogP contribution in [0.25, 0.3) is 11.2 Å². The lowest BCUT2D eigenvalue weighted by Gasteiger charge is -2.00. The van der Waals surface area contributed by atoms with Crippen LogP contribution in [0.1, 0.15) is 5.82 Å². The van der Waals surface area contributed by atoms with Gasteiger partial charge in [0.05, 0.1) is 12.1 Å². The van der Waals surface area contributed by atoms with Crippen LogP contribution in [0.4, 0.5) is 14.6 Å². The van der Waals surface area contributed by atoms with E-state index < -0.39 is 13.0 Å². The van der Waals surface area contributed by atoms with Crippen molar-refractivity contribution in [1.82, 2.24) is 15.0 Å². The smallest absolute Gasteiger partial charge is 0.261 e. The van der Waals surface area contributed by atoms with Gasteiger partial charge in [0.2, 0.25) is 0 Å². The van der Waals surface area contributed by atoms with Gasteiger partial charge in [-0.25, -0.2) is 18.7 Å². The lowest BCUT2D eigenvalue weighted by atomic mass is 10.4. The molecule has 0 fully saturated rings. The molecule has 3 N–H and O–H groups in total. The first kappa shape index (κ1) is 11.7. The molecule has 0 aromatic carbocycles. The number of anilines is 1. The molecule has 0 unspecified atom stereocenters. The minimum absolute atomic E-state index is 0.194. The molecule has 2 heterocycles. The predicted octanol–water partition coefficient (Wildman–Crippen LogP) is 1.36. The topological polar surface area (TPSA) is 76.8 Å². The number of nitrogens with two attached hydrogens (primary N) is 1. The zero-order valence-electron chi connectivity index (χ0n) is 8.99. The lowest BCUT2D eigenvalue weighted by molar-refractivity contribution is 0.0183. The number of imidazole rings is 1. The van der Waals surface area contributed by atoms with Gasteiger partial charge in [0, 0.05) is 6.42 Å². The molecule has 0 bridgehead atoms. The van der Waals surface area contributed by atoms with E-state index in [-0.39, 0.29) is 6.61 Å². The average molecular weight is 242 g/mol. The van der Waals surface area contributed by atoms with Gasteiger partial charge in [0.15, 0.2) is 5.65 Å². The second kappa shape index (κ2) is 5.05. The molecule has 0 saturated carbocycles. The molecular formula is C10H12F2N4O. The molecule has 0 atom stereocenters. The Labute approximate surface area is 96.0 Å². The average Bonchev–Trinajstić information content (AvgIpc) is 2.66. The van der Waals surface area contributed by atoms with Crippen LogP contribution in [0.2, 0.25) is 0 Å². The molecule has 0 amide bonds. The van der Waals surface area contributed by atoms with Gasteiger partial charge in [-0.2, -0.15) is 0 Å². The first-order valence-corrected chi connectivity index (χ1v) is 5.12. The van der Waals surface area contributed by atoms with Crippen molar-refractivity contribution < 1.29 is 13.5 Å². The minimum Gasteiger partial charge on any atom is -0.384 e. The van der Waals surface area contributed by atoms with Crippen molar-refractivity contribution in [2.45, 2.75) is 12.8 Å². The summed E-state index contributed by atoms with van der Waals surface area (Å²) in [5, 5.41) is 0. The first-order valence-electron chi connectivity index (χ1n) is 5.12. The maximum atomic E-state index is 11.8. The van der Waals surface area contributed by atoms with E-state index in [1.807, 2.05) is 0 Å². The van der Waals surface area contributed by atoms with Crippen molar-refractivity contribution in [3.05, 3.63) is 18.0 Å². The Morgan fingerprint density at radius 2 is 2.18 bits per heavy atom. The molecule has 0 aliphatic rings. The minimum atomic E-state index is -2.44. The first-order chi connectivity index (χ1) is 8.15. The van der Waals surface area contributed by atoms with Crippen LogP contribution in [-0.2, 0) is 11.2 Å². The summed E-state index contributed by atoms with van der Waals surface area (Å²) >= 11 is 0. The highest BCUT2D eigenvalue weighted by Crippen LogP contribution is 2.11.